The zero-order valence-electron chi connectivity index (χ0n) is 19.9. The standard InChI is InChI=1S/C29H28N4O/c1-17-12-23(29-32-18(2)31-19(3)33-29)15-25-24-9-8-22(16-27(24)34-28(17)25)26-14-21(10-11-30-26)13-20-6-4-5-7-20/h8-12,14-16,20H,4-7,13H2,1-3H3. The number of fused-ring (bicyclic) bond motifs is 3. The molecule has 34 heavy (non-hydrogen) atoms. The van der Waals surface area contributed by atoms with Gasteiger partial charge in [-0.05, 0) is 80.6 Å². The van der Waals surface area contributed by atoms with Crippen LogP contribution >= 0.6 is 0 Å². The summed E-state index contributed by atoms with van der Waals surface area (Å²) in [6, 6.07) is 15.0. The van der Waals surface area contributed by atoms with Gasteiger partial charge in [0.1, 0.15) is 22.8 Å². The molecule has 0 aliphatic heterocycles. The van der Waals surface area contributed by atoms with Crippen LogP contribution in [0.25, 0.3) is 44.6 Å². The van der Waals surface area contributed by atoms with Crippen LogP contribution in [0.1, 0.15) is 48.5 Å². The number of pyridine rings is 1. The molecule has 1 fully saturated rings. The zero-order valence-corrected chi connectivity index (χ0v) is 19.9. The lowest BCUT2D eigenvalue weighted by Gasteiger charge is -2.10. The van der Waals surface area contributed by atoms with Crippen LogP contribution in [0.3, 0.4) is 0 Å². The van der Waals surface area contributed by atoms with Gasteiger partial charge in [0.15, 0.2) is 5.82 Å². The first-order valence-corrected chi connectivity index (χ1v) is 12.2. The van der Waals surface area contributed by atoms with Gasteiger partial charge in [-0.1, -0.05) is 31.7 Å². The third-order valence-electron chi connectivity index (χ3n) is 6.99. The molecule has 0 saturated heterocycles. The molecule has 3 heterocycles. The van der Waals surface area contributed by atoms with Gasteiger partial charge in [-0.25, -0.2) is 15.0 Å². The van der Waals surface area contributed by atoms with Crippen molar-refractivity contribution in [1.82, 2.24) is 19.9 Å². The minimum Gasteiger partial charge on any atom is -0.456 e. The highest BCUT2D eigenvalue weighted by molar-refractivity contribution is 6.08. The van der Waals surface area contributed by atoms with Crippen LogP contribution in [0.15, 0.2) is 53.1 Å². The Kier molecular flexibility index (Phi) is 5.13. The Morgan fingerprint density at radius 1 is 0.824 bits per heavy atom. The number of furan rings is 1. The Bertz CT molecular complexity index is 1510. The molecule has 5 nitrogen and oxygen atoms in total. The predicted molar refractivity (Wildman–Crippen MR) is 136 cm³/mol. The Morgan fingerprint density at radius 3 is 2.41 bits per heavy atom. The second-order valence-electron chi connectivity index (χ2n) is 9.64. The van der Waals surface area contributed by atoms with Crippen molar-refractivity contribution in [2.75, 3.05) is 0 Å². The molecule has 1 aliphatic rings. The lowest BCUT2D eigenvalue weighted by Crippen LogP contribution is -1.99. The minimum atomic E-state index is 0.698. The Balaban J connectivity index is 1.40. The van der Waals surface area contributed by atoms with E-state index in [4.69, 9.17) is 4.42 Å². The molecule has 0 bridgehead atoms. The molecular formula is C29H28N4O. The van der Waals surface area contributed by atoms with Crippen molar-refractivity contribution in [3.8, 4) is 22.6 Å². The number of aromatic nitrogens is 4. The first-order valence-electron chi connectivity index (χ1n) is 12.2. The fourth-order valence-electron chi connectivity index (χ4n) is 5.39. The summed E-state index contributed by atoms with van der Waals surface area (Å²) in [6.07, 6.45) is 8.55. The second-order valence-corrected chi connectivity index (χ2v) is 9.64. The molecule has 0 radical (unpaired) electrons. The number of rotatable bonds is 4. The number of benzene rings is 2. The first-order chi connectivity index (χ1) is 16.5. The van der Waals surface area contributed by atoms with Crippen molar-refractivity contribution in [2.45, 2.75) is 52.9 Å². The molecule has 3 aromatic heterocycles. The Labute approximate surface area is 199 Å². The highest BCUT2D eigenvalue weighted by Gasteiger charge is 2.17. The van der Waals surface area contributed by atoms with Crippen LogP contribution in [0.5, 0.6) is 0 Å². The summed E-state index contributed by atoms with van der Waals surface area (Å²) in [6.45, 7) is 5.87. The number of nitrogens with zero attached hydrogens (tertiary/aromatic N) is 4. The van der Waals surface area contributed by atoms with Gasteiger partial charge in [0.05, 0.1) is 5.69 Å². The van der Waals surface area contributed by atoms with Crippen molar-refractivity contribution in [3.05, 3.63) is 71.4 Å². The van der Waals surface area contributed by atoms with E-state index in [2.05, 4.69) is 69.3 Å². The largest absolute Gasteiger partial charge is 0.456 e. The fraction of sp³-hybridized carbons (Fsp3) is 0.310. The molecule has 0 unspecified atom stereocenters. The lowest BCUT2D eigenvalue weighted by atomic mass is 9.97. The SMILES string of the molecule is Cc1nc(C)nc(-c2cc(C)c3oc4cc(-c5cc(CC6CCCC6)ccn5)ccc4c3c2)n1. The Hall–Kier alpha value is -3.60. The average molecular weight is 449 g/mol. The van der Waals surface area contributed by atoms with E-state index in [0.717, 1.165) is 68.3 Å². The molecule has 0 amide bonds. The summed E-state index contributed by atoms with van der Waals surface area (Å²) in [5.74, 6) is 2.97. The summed E-state index contributed by atoms with van der Waals surface area (Å²) in [5.41, 5.74) is 7.29. The van der Waals surface area contributed by atoms with Gasteiger partial charge in [0.25, 0.3) is 0 Å². The zero-order chi connectivity index (χ0) is 23.2. The maximum absolute atomic E-state index is 6.34. The topological polar surface area (TPSA) is 64.7 Å². The summed E-state index contributed by atoms with van der Waals surface area (Å²) in [5, 5.41) is 2.17. The van der Waals surface area contributed by atoms with Crippen LogP contribution in [0, 0.1) is 26.7 Å². The number of hydrogen-bond donors (Lipinski definition) is 0. The van der Waals surface area contributed by atoms with Gasteiger partial charge in [0.2, 0.25) is 0 Å². The van der Waals surface area contributed by atoms with Gasteiger partial charge >= 0.3 is 0 Å². The highest BCUT2D eigenvalue weighted by atomic mass is 16.3. The molecule has 0 spiro atoms. The molecule has 5 heteroatoms. The molecule has 0 atom stereocenters. The lowest BCUT2D eigenvalue weighted by molar-refractivity contribution is 0.546. The van der Waals surface area contributed by atoms with Crippen molar-refractivity contribution in [1.29, 1.82) is 0 Å². The fourth-order valence-corrected chi connectivity index (χ4v) is 5.39. The van der Waals surface area contributed by atoms with Crippen molar-refractivity contribution < 1.29 is 4.42 Å². The second kappa shape index (κ2) is 8.32. The molecule has 6 rings (SSSR count). The van der Waals surface area contributed by atoms with E-state index in [1.54, 1.807) is 0 Å². The van der Waals surface area contributed by atoms with Crippen LogP contribution in [0.2, 0.25) is 0 Å². The van der Waals surface area contributed by atoms with Gasteiger partial charge < -0.3 is 4.42 Å². The van der Waals surface area contributed by atoms with Crippen LogP contribution in [0.4, 0.5) is 0 Å². The molecule has 0 N–H and O–H groups in total. The molecule has 1 aliphatic carbocycles. The first kappa shape index (κ1) is 21.0. The van der Waals surface area contributed by atoms with E-state index in [0.29, 0.717) is 5.82 Å². The Morgan fingerprint density at radius 2 is 1.62 bits per heavy atom. The number of hydrogen-bond acceptors (Lipinski definition) is 5. The van der Waals surface area contributed by atoms with E-state index in [-0.39, 0.29) is 0 Å². The molecule has 5 aromatic rings. The van der Waals surface area contributed by atoms with Crippen molar-refractivity contribution >= 4 is 21.9 Å². The van der Waals surface area contributed by atoms with E-state index >= 15 is 0 Å². The highest BCUT2D eigenvalue weighted by Crippen LogP contribution is 2.36. The molecule has 170 valence electrons. The summed E-state index contributed by atoms with van der Waals surface area (Å²) in [4.78, 5) is 18.1. The summed E-state index contributed by atoms with van der Waals surface area (Å²) in [7, 11) is 0. The van der Waals surface area contributed by atoms with Crippen LogP contribution in [-0.4, -0.2) is 19.9 Å². The third-order valence-corrected chi connectivity index (χ3v) is 6.99. The van der Waals surface area contributed by atoms with E-state index in [1.807, 2.05) is 20.0 Å². The molecule has 1 saturated carbocycles. The normalized spacial score (nSPS) is 14.4. The maximum atomic E-state index is 6.34. The summed E-state index contributed by atoms with van der Waals surface area (Å²) < 4.78 is 6.34. The van der Waals surface area contributed by atoms with Crippen molar-refractivity contribution in [2.24, 2.45) is 5.92 Å². The molecule has 2 aromatic carbocycles. The van der Waals surface area contributed by atoms with Gasteiger partial charge in [-0.15, -0.1) is 0 Å². The maximum Gasteiger partial charge on any atom is 0.163 e. The smallest absolute Gasteiger partial charge is 0.163 e. The molecular weight excluding hydrogens is 420 g/mol. The quantitative estimate of drug-likeness (QED) is 0.292. The summed E-state index contributed by atoms with van der Waals surface area (Å²) >= 11 is 0. The van der Waals surface area contributed by atoms with E-state index in [9.17, 15) is 0 Å². The van der Waals surface area contributed by atoms with Crippen LogP contribution < -0.4 is 0 Å². The van der Waals surface area contributed by atoms with Crippen molar-refractivity contribution in [3.63, 3.8) is 0 Å². The minimum absolute atomic E-state index is 0.698. The van der Waals surface area contributed by atoms with E-state index < -0.39 is 0 Å². The van der Waals surface area contributed by atoms with Gasteiger partial charge in [-0.2, -0.15) is 0 Å². The predicted octanol–water partition coefficient (Wildman–Crippen LogP) is 7.16. The van der Waals surface area contributed by atoms with E-state index in [1.165, 1.54) is 31.2 Å². The average Bonchev–Trinajstić information content (AvgIpc) is 3.46. The van der Waals surface area contributed by atoms with Gasteiger partial charge in [-0.3, -0.25) is 4.98 Å². The van der Waals surface area contributed by atoms with Gasteiger partial charge in [0, 0.05) is 28.1 Å². The monoisotopic (exact) mass is 448 g/mol. The third kappa shape index (κ3) is 3.85. The number of aryl methyl sites for hydroxylation is 3. The van der Waals surface area contributed by atoms with Crippen LogP contribution in [-0.2, 0) is 6.42 Å².